The fraction of sp³-hybridized carbons (Fsp3) is 0.259. The number of para-hydroxylation sites is 1. The number of hydrogen-bond acceptors (Lipinski definition) is 5. The molecule has 0 saturated heterocycles. The van der Waals surface area contributed by atoms with Crippen LogP contribution in [-0.4, -0.2) is 50.0 Å². The van der Waals surface area contributed by atoms with E-state index in [0.29, 0.717) is 18.7 Å². The second-order valence-electron chi connectivity index (χ2n) is 8.82. The number of ether oxygens (including phenoxy) is 1. The molecule has 0 atom stereocenters. The minimum absolute atomic E-state index is 0.216. The molecule has 0 aliphatic heterocycles. The Kier molecular flexibility index (Phi) is 6.62. The van der Waals surface area contributed by atoms with E-state index in [1.807, 2.05) is 36.5 Å². The van der Waals surface area contributed by atoms with Crippen molar-refractivity contribution in [1.29, 1.82) is 0 Å². The summed E-state index contributed by atoms with van der Waals surface area (Å²) in [6.45, 7) is -0.0574. The highest BCUT2D eigenvalue weighted by molar-refractivity contribution is 5.91. The summed E-state index contributed by atoms with van der Waals surface area (Å²) in [5.41, 5.74) is 4.45. The normalized spacial score (nSPS) is 12.7. The molecule has 0 fully saturated rings. The van der Waals surface area contributed by atoms with E-state index in [1.54, 1.807) is 34.7 Å². The van der Waals surface area contributed by atoms with E-state index < -0.39 is 5.97 Å². The summed E-state index contributed by atoms with van der Waals surface area (Å²) in [6.07, 6.45) is 6.97. The second kappa shape index (κ2) is 10.2. The van der Waals surface area contributed by atoms with Gasteiger partial charge in [-0.2, -0.15) is 10.2 Å². The summed E-state index contributed by atoms with van der Waals surface area (Å²) in [7, 11) is 1.65. The molecule has 184 valence electrons. The number of hydrogen-bond donors (Lipinski definition) is 0. The van der Waals surface area contributed by atoms with Crippen LogP contribution in [0, 0.1) is 5.82 Å². The molecule has 9 heteroatoms. The van der Waals surface area contributed by atoms with Crippen molar-refractivity contribution in [3.05, 3.63) is 95.3 Å². The van der Waals surface area contributed by atoms with E-state index in [2.05, 4.69) is 10.2 Å². The Morgan fingerprint density at radius 2 is 1.78 bits per heavy atom. The van der Waals surface area contributed by atoms with Crippen molar-refractivity contribution in [2.24, 2.45) is 0 Å². The molecule has 0 spiro atoms. The molecule has 1 aliphatic carbocycles. The van der Waals surface area contributed by atoms with E-state index >= 15 is 0 Å². The molecule has 2 aromatic carbocycles. The Balaban J connectivity index is 1.24. The monoisotopic (exact) mass is 487 g/mol. The number of carbonyl (C=O) groups excluding carboxylic acids is 2. The van der Waals surface area contributed by atoms with Crippen molar-refractivity contribution in [2.75, 3.05) is 13.7 Å². The van der Waals surface area contributed by atoms with Gasteiger partial charge in [0.2, 0.25) is 0 Å². The number of fused-ring (bicyclic) bond motifs is 1. The summed E-state index contributed by atoms with van der Waals surface area (Å²) in [4.78, 5) is 27.1. The van der Waals surface area contributed by atoms with Crippen molar-refractivity contribution in [3.8, 4) is 11.4 Å². The zero-order valence-electron chi connectivity index (χ0n) is 19.9. The minimum atomic E-state index is -0.632. The van der Waals surface area contributed by atoms with Crippen LogP contribution in [0.15, 0.2) is 67.0 Å². The molecule has 4 aromatic rings. The third-order valence-electron chi connectivity index (χ3n) is 6.27. The smallest absolute Gasteiger partial charge is 0.359 e. The molecular formula is C27H26FN5O3. The standard InChI is InChI=1S/C27H26FN5O3/c1-31(16-19-15-29-32(17-19)21-7-3-2-4-8-21)25(34)18-36-27(35)26-23-9-5-6-10-24(23)33(30-26)22-13-11-20(28)12-14-22/h2-4,7-8,11-15,17H,5-6,9-10,16,18H2,1H3. The van der Waals surface area contributed by atoms with Gasteiger partial charge in [-0.05, 0) is 62.1 Å². The molecular weight excluding hydrogens is 461 g/mol. The second-order valence-corrected chi connectivity index (χ2v) is 8.82. The van der Waals surface area contributed by atoms with Crippen LogP contribution < -0.4 is 0 Å². The van der Waals surface area contributed by atoms with Crippen molar-refractivity contribution < 1.29 is 18.7 Å². The van der Waals surface area contributed by atoms with Gasteiger partial charge < -0.3 is 9.64 Å². The number of amides is 1. The molecule has 0 unspecified atom stereocenters. The lowest BCUT2D eigenvalue weighted by molar-refractivity contribution is -0.133. The number of esters is 1. The SMILES string of the molecule is CN(Cc1cnn(-c2ccccc2)c1)C(=O)COC(=O)c1nn(-c2ccc(F)cc2)c2c1CCCC2. The minimum Gasteiger partial charge on any atom is -0.451 e. The van der Waals surface area contributed by atoms with Crippen molar-refractivity contribution in [3.63, 3.8) is 0 Å². The van der Waals surface area contributed by atoms with Crippen LogP contribution in [0.3, 0.4) is 0 Å². The van der Waals surface area contributed by atoms with Gasteiger partial charge in [0.1, 0.15) is 5.82 Å². The van der Waals surface area contributed by atoms with Gasteiger partial charge in [0.25, 0.3) is 5.91 Å². The van der Waals surface area contributed by atoms with Crippen LogP contribution in [-0.2, 0) is 28.9 Å². The third kappa shape index (κ3) is 4.91. The largest absolute Gasteiger partial charge is 0.451 e. The Morgan fingerprint density at radius 3 is 2.56 bits per heavy atom. The maximum atomic E-state index is 13.4. The highest BCUT2D eigenvalue weighted by Crippen LogP contribution is 2.27. The first kappa shape index (κ1) is 23.5. The number of carbonyl (C=O) groups is 2. The van der Waals surface area contributed by atoms with Crippen LogP contribution >= 0.6 is 0 Å². The lowest BCUT2D eigenvalue weighted by Gasteiger charge is -2.16. The molecule has 36 heavy (non-hydrogen) atoms. The van der Waals surface area contributed by atoms with E-state index in [4.69, 9.17) is 4.74 Å². The van der Waals surface area contributed by atoms with E-state index in [0.717, 1.165) is 41.8 Å². The van der Waals surface area contributed by atoms with Crippen LogP contribution in [0.25, 0.3) is 11.4 Å². The molecule has 5 rings (SSSR count). The maximum Gasteiger partial charge on any atom is 0.359 e. The van der Waals surface area contributed by atoms with Gasteiger partial charge in [-0.15, -0.1) is 0 Å². The number of likely N-dealkylation sites (N-methyl/N-ethyl adjacent to an activating group) is 1. The van der Waals surface area contributed by atoms with E-state index in [9.17, 15) is 14.0 Å². The third-order valence-corrected chi connectivity index (χ3v) is 6.27. The number of nitrogens with zero attached hydrogens (tertiary/aromatic N) is 5. The molecule has 0 bridgehead atoms. The fourth-order valence-electron chi connectivity index (χ4n) is 4.39. The summed E-state index contributed by atoms with van der Waals surface area (Å²) >= 11 is 0. The first-order valence-corrected chi connectivity index (χ1v) is 11.9. The van der Waals surface area contributed by atoms with Crippen LogP contribution in [0.2, 0.25) is 0 Å². The first-order chi connectivity index (χ1) is 17.5. The average molecular weight is 488 g/mol. The summed E-state index contributed by atoms with van der Waals surface area (Å²) in [6, 6.07) is 15.7. The van der Waals surface area contributed by atoms with Crippen molar-refractivity contribution in [2.45, 2.75) is 32.2 Å². The Labute approximate surface area is 207 Å². The van der Waals surface area contributed by atoms with Gasteiger partial charge in [-0.1, -0.05) is 18.2 Å². The van der Waals surface area contributed by atoms with Gasteiger partial charge in [0.15, 0.2) is 12.3 Å². The lowest BCUT2D eigenvalue weighted by atomic mass is 9.95. The van der Waals surface area contributed by atoms with Crippen LogP contribution in [0.4, 0.5) is 4.39 Å². The van der Waals surface area contributed by atoms with E-state index in [1.165, 1.54) is 17.0 Å². The molecule has 8 nitrogen and oxygen atoms in total. The topological polar surface area (TPSA) is 82.2 Å². The zero-order chi connectivity index (χ0) is 25.1. The molecule has 2 heterocycles. The molecule has 2 aromatic heterocycles. The van der Waals surface area contributed by atoms with Gasteiger partial charge in [-0.3, -0.25) is 4.79 Å². The summed E-state index contributed by atoms with van der Waals surface area (Å²) < 4.78 is 22.2. The Bertz CT molecular complexity index is 1380. The van der Waals surface area contributed by atoms with Crippen LogP contribution in [0.1, 0.15) is 40.2 Å². The molecule has 0 saturated carbocycles. The van der Waals surface area contributed by atoms with Gasteiger partial charge in [0.05, 0.1) is 17.6 Å². The molecule has 0 N–H and O–H groups in total. The number of halogens is 1. The van der Waals surface area contributed by atoms with Crippen LogP contribution in [0.5, 0.6) is 0 Å². The summed E-state index contributed by atoms with van der Waals surface area (Å²) in [5.74, 6) is -1.30. The van der Waals surface area contributed by atoms with E-state index in [-0.39, 0.29) is 24.0 Å². The van der Waals surface area contributed by atoms with Gasteiger partial charge in [-0.25, -0.2) is 18.5 Å². The number of rotatable bonds is 7. The average Bonchev–Trinajstić information content (AvgIpc) is 3.53. The number of aromatic nitrogens is 4. The van der Waals surface area contributed by atoms with Gasteiger partial charge in [0, 0.05) is 36.6 Å². The Hall–Kier alpha value is -4.27. The van der Waals surface area contributed by atoms with Crippen molar-refractivity contribution >= 4 is 11.9 Å². The maximum absolute atomic E-state index is 13.4. The first-order valence-electron chi connectivity index (χ1n) is 11.9. The predicted octanol–water partition coefficient (Wildman–Crippen LogP) is 3.89. The quantitative estimate of drug-likeness (QED) is 0.370. The molecule has 0 radical (unpaired) electrons. The lowest BCUT2D eigenvalue weighted by Crippen LogP contribution is -2.31. The summed E-state index contributed by atoms with van der Waals surface area (Å²) in [5, 5.41) is 8.85. The Morgan fingerprint density at radius 1 is 1.03 bits per heavy atom. The number of benzene rings is 2. The molecule has 1 aliphatic rings. The zero-order valence-corrected chi connectivity index (χ0v) is 19.9. The van der Waals surface area contributed by atoms with Gasteiger partial charge >= 0.3 is 5.97 Å². The molecule has 1 amide bonds. The fourth-order valence-corrected chi connectivity index (χ4v) is 4.39. The van der Waals surface area contributed by atoms with Crippen molar-refractivity contribution in [1.82, 2.24) is 24.5 Å². The predicted molar refractivity (Wildman–Crippen MR) is 130 cm³/mol. The highest BCUT2D eigenvalue weighted by atomic mass is 19.1. The highest BCUT2D eigenvalue weighted by Gasteiger charge is 2.27.